The van der Waals surface area contributed by atoms with Gasteiger partial charge in [0.05, 0.1) is 24.0 Å². The van der Waals surface area contributed by atoms with Gasteiger partial charge in [0.1, 0.15) is 5.75 Å². The van der Waals surface area contributed by atoms with Crippen molar-refractivity contribution in [1.82, 2.24) is 15.0 Å². The summed E-state index contributed by atoms with van der Waals surface area (Å²) >= 11 is 0. The summed E-state index contributed by atoms with van der Waals surface area (Å²) in [4.78, 5) is 20.9. The van der Waals surface area contributed by atoms with Crippen LogP contribution < -0.4 is 4.74 Å². The van der Waals surface area contributed by atoms with Gasteiger partial charge < -0.3 is 4.74 Å². The average molecular weight is 360 g/mol. The highest BCUT2D eigenvalue weighted by Gasteiger charge is 2.21. The first kappa shape index (κ1) is 17.1. The number of nitrogens with zero attached hydrogens (tertiary/aromatic N) is 4. The molecular formula is C21H20N4O2. The van der Waals surface area contributed by atoms with Crippen molar-refractivity contribution < 1.29 is 9.53 Å². The molecule has 0 aliphatic carbocycles. The number of pyridine rings is 2. The van der Waals surface area contributed by atoms with Gasteiger partial charge in [-0.1, -0.05) is 6.07 Å². The summed E-state index contributed by atoms with van der Waals surface area (Å²) < 4.78 is 5.30. The van der Waals surface area contributed by atoms with Crippen LogP contribution in [0.2, 0.25) is 0 Å². The van der Waals surface area contributed by atoms with Gasteiger partial charge in [-0.15, -0.1) is 0 Å². The van der Waals surface area contributed by atoms with Crippen LogP contribution >= 0.6 is 0 Å². The quantitative estimate of drug-likeness (QED) is 0.655. The zero-order chi connectivity index (χ0) is 18.6. The standard InChI is InChI=1S/C21H20N4O2/c1-27-16-7-8-17-15(9-11-23-19(17)14-16)13-20(18-5-2-3-10-22-18)24-25-12-4-6-21(25)26/h2-3,5,7-11,14H,4,6,12-13H2,1H3/b24-20+. The van der Waals surface area contributed by atoms with E-state index in [0.717, 1.165) is 40.0 Å². The van der Waals surface area contributed by atoms with Crippen LogP contribution in [0.5, 0.6) is 5.75 Å². The van der Waals surface area contributed by atoms with E-state index >= 15 is 0 Å². The number of methoxy groups -OCH3 is 1. The molecule has 3 heterocycles. The zero-order valence-corrected chi connectivity index (χ0v) is 15.1. The molecule has 3 aromatic rings. The fourth-order valence-electron chi connectivity index (χ4n) is 3.24. The van der Waals surface area contributed by atoms with Crippen molar-refractivity contribution in [3.63, 3.8) is 0 Å². The number of benzene rings is 1. The molecule has 0 radical (unpaired) electrons. The summed E-state index contributed by atoms with van der Waals surface area (Å²) in [7, 11) is 1.64. The van der Waals surface area contributed by atoms with Gasteiger partial charge in [-0.3, -0.25) is 14.8 Å². The van der Waals surface area contributed by atoms with Crippen LogP contribution in [0.1, 0.15) is 24.1 Å². The van der Waals surface area contributed by atoms with Crippen LogP contribution in [-0.4, -0.2) is 40.3 Å². The van der Waals surface area contributed by atoms with E-state index in [9.17, 15) is 4.79 Å². The molecule has 27 heavy (non-hydrogen) atoms. The Labute approximate surface area is 157 Å². The minimum Gasteiger partial charge on any atom is -0.497 e. The first-order chi connectivity index (χ1) is 13.2. The van der Waals surface area contributed by atoms with Gasteiger partial charge in [-0.2, -0.15) is 5.10 Å². The number of aromatic nitrogens is 2. The highest BCUT2D eigenvalue weighted by molar-refractivity contribution is 6.02. The van der Waals surface area contributed by atoms with E-state index in [1.807, 2.05) is 42.5 Å². The molecule has 1 aromatic carbocycles. The molecule has 0 saturated carbocycles. The Kier molecular flexibility index (Phi) is 4.78. The van der Waals surface area contributed by atoms with Crippen LogP contribution in [-0.2, 0) is 11.2 Å². The molecule has 1 aliphatic rings. The SMILES string of the molecule is COc1ccc2c(C/C(=N\N3CCCC3=O)c3ccccn3)ccnc2c1. The number of hydrogen-bond acceptors (Lipinski definition) is 5. The monoisotopic (exact) mass is 360 g/mol. The molecule has 0 N–H and O–H groups in total. The van der Waals surface area contributed by atoms with Gasteiger partial charge in [0.25, 0.3) is 0 Å². The lowest BCUT2D eigenvalue weighted by Gasteiger charge is -2.14. The van der Waals surface area contributed by atoms with Crippen LogP contribution in [0.3, 0.4) is 0 Å². The van der Waals surface area contributed by atoms with E-state index in [4.69, 9.17) is 4.74 Å². The lowest BCUT2D eigenvalue weighted by molar-refractivity contribution is -0.127. The van der Waals surface area contributed by atoms with Gasteiger partial charge in [0, 0.05) is 43.2 Å². The minimum absolute atomic E-state index is 0.0627. The topological polar surface area (TPSA) is 67.7 Å². The average Bonchev–Trinajstić information content (AvgIpc) is 3.12. The van der Waals surface area contributed by atoms with Crippen molar-refractivity contribution >= 4 is 22.5 Å². The molecule has 1 amide bonds. The van der Waals surface area contributed by atoms with Crippen molar-refractivity contribution in [2.24, 2.45) is 5.10 Å². The van der Waals surface area contributed by atoms with Crippen molar-refractivity contribution in [2.75, 3.05) is 13.7 Å². The Hall–Kier alpha value is -3.28. The summed E-state index contributed by atoms with van der Waals surface area (Å²) in [6, 6.07) is 13.6. The zero-order valence-electron chi connectivity index (χ0n) is 15.1. The summed E-state index contributed by atoms with van der Waals surface area (Å²) in [5.41, 5.74) is 3.49. The van der Waals surface area contributed by atoms with E-state index in [-0.39, 0.29) is 5.91 Å². The van der Waals surface area contributed by atoms with Crippen LogP contribution in [0.25, 0.3) is 10.9 Å². The molecule has 136 valence electrons. The van der Waals surface area contributed by atoms with Crippen molar-refractivity contribution in [3.8, 4) is 5.75 Å². The fraction of sp³-hybridized carbons (Fsp3) is 0.238. The lowest BCUT2D eigenvalue weighted by atomic mass is 10.0. The summed E-state index contributed by atoms with van der Waals surface area (Å²) in [5, 5.41) is 7.26. The molecule has 1 fully saturated rings. The van der Waals surface area contributed by atoms with Crippen LogP contribution in [0.4, 0.5) is 0 Å². The number of hydrogen-bond donors (Lipinski definition) is 0. The molecule has 2 aromatic heterocycles. The molecule has 6 heteroatoms. The molecule has 1 aliphatic heterocycles. The minimum atomic E-state index is 0.0627. The van der Waals surface area contributed by atoms with Crippen LogP contribution in [0, 0.1) is 0 Å². The number of ether oxygens (including phenoxy) is 1. The van der Waals surface area contributed by atoms with Crippen molar-refractivity contribution in [3.05, 3.63) is 66.1 Å². The van der Waals surface area contributed by atoms with Crippen LogP contribution in [0.15, 0.2) is 60.0 Å². The number of hydrazone groups is 1. The van der Waals surface area contributed by atoms with Gasteiger partial charge in [0.15, 0.2) is 0 Å². The maximum atomic E-state index is 12.1. The highest BCUT2D eigenvalue weighted by atomic mass is 16.5. The fourth-order valence-corrected chi connectivity index (χ4v) is 3.24. The van der Waals surface area contributed by atoms with Gasteiger partial charge >= 0.3 is 0 Å². The molecule has 0 unspecified atom stereocenters. The Bertz CT molecular complexity index is 1000. The third-order valence-corrected chi connectivity index (χ3v) is 4.65. The van der Waals surface area contributed by atoms with Crippen molar-refractivity contribution in [2.45, 2.75) is 19.3 Å². The van der Waals surface area contributed by atoms with Crippen molar-refractivity contribution in [1.29, 1.82) is 0 Å². The van der Waals surface area contributed by atoms with E-state index in [0.29, 0.717) is 19.4 Å². The maximum Gasteiger partial charge on any atom is 0.242 e. The first-order valence-corrected chi connectivity index (χ1v) is 8.95. The normalized spacial score (nSPS) is 14.8. The number of fused-ring (bicyclic) bond motifs is 1. The Morgan fingerprint density at radius 3 is 2.85 bits per heavy atom. The number of rotatable bonds is 5. The highest BCUT2D eigenvalue weighted by Crippen LogP contribution is 2.23. The second kappa shape index (κ2) is 7.53. The molecule has 1 saturated heterocycles. The summed E-state index contributed by atoms with van der Waals surface area (Å²) in [6.45, 7) is 0.656. The first-order valence-electron chi connectivity index (χ1n) is 8.95. The van der Waals surface area contributed by atoms with Gasteiger partial charge in [-0.25, -0.2) is 5.01 Å². The third kappa shape index (κ3) is 3.65. The predicted octanol–water partition coefficient (Wildman–Crippen LogP) is 3.21. The second-order valence-corrected chi connectivity index (χ2v) is 6.41. The third-order valence-electron chi connectivity index (χ3n) is 4.65. The summed E-state index contributed by atoms with van der Waals surface area (Å²) in [5.74, 6) is 0.834. The molecule has 0 atom stereocenters. The predicted molar refractivity (Wildman–Crippen MR) is 104 cm³/mol. The van der Waals surface area contributed by atoms with E-state index in [2.05, 4.69) is 15.1 Å². The number of carbonyl (C=O) groups excluding carboxylic acids is 1. The largest absolute Gasteiger partial charge is 0.497 e. The lowest BCUT2D eigenvalue weighted by Crippen LogP contribution is -2.22. The second-order valence-electron chi connectivity index (χ2n) is 6.41. The number of carbonyl (C=O) groups is 1. The van der Waals surface area contributed by atoms with E-state index in [1.165, 1.54) is 0 Å². The Morgan fingerprint density at radius 2 is 2.11 bits per heavy atom. The smallest absolute Gasteiger partial charge is 0.242 e. The Morgan fingerprint density at radius 1 is 1.19 bits per heavy atom. The molecule has 0 spiro atoms. The van der Waals surface area contributed by atoms with Gasteiger partial charge in [-0.05, 0) is 42.3 Å². The molecule has 6 nitrogen and oxygen atoms in total. The maximum absolute atomic E-state index is 12.1. The van der Waals surface area contributed by atoms with E-state index in [1.54, 1.807) is 24.5 Å². The molecule has 0 bridgehead atoms. The molecule has 4 rings (SSSR count). The van der Waals surface area contributed by atoms with Gasteiger partial charge in [0.2, 0.25) is 5.91 Å². The summed E-state index contributed by atoms with van der Waals surface area (Å²) in [6.07, 6.45) is 5.49. The number of amides is 1. The Balaban J connectivity index is 1.75. The molecular weight excluding hydrogens is 340 g/mol. The van der Waals surface area contributed by atoms with E-state index < -0.39 is 0 Å².